The summed E-state index contributed by atoms with van der Waals surface area (Å²) < 4.78 is 0. The van der Waals surface area contributed by atoms with Gasteiger partial charge in [0.1, 0.15) is 0 Å². The highest BCUT2D eigenvalue weighted by Gasteiger charge is 2.19. The van der Waals surface area contributed by atoms with E-state index in [0.29, 0.717) is 0 Å². The van der Waals surface area contributed by atoms with Crippen LogP contribution in [0, 0.1) is 0 Å². The van der Waals surface area contributed by atoms with Crippen molar-refractivity contribution in [3.63, 3.8) is 0 Å². The molecule has 0 rings (SSSR count). The molecule has 0 bridgehead atoms. The van der Waals surface area contributed by atoms with E-state index in [-0.39, 0.29) is 36.4 Å². The van der Waals surface area contributed by atoms with Gasteiger partial charge in [-0.05, 0) is 6.26 Å². The van der Waals surface area contributed by atoms with Crippen LogP contribution in [0.25, 0.3) is 0 Å². The first-order valence-electron chi connectivity index (χ1n) is 5.65. The second-order valence-electron chi connectivity index (χ2n) is 2.79. The van der Waals surface area contributed by atoms with Gasteiger partial charge in [-0.2, -0.15) is 0 Å². The van der Waals surface area contributed by atoms with Crippen LogP contribution in [0.15, 0.2) is 0 Å². The number of carbonyl (C=O) groups is 3. The van der Waals surface area contributed by atoms with Gasteiger partial charge in [0.15, 0.2) is 0 Å². The zero-order chi connectivity index (χ0) is 13.8. The minimum absolute atomic E-state index is 0.145. The Labute approximate surface area is 107 Å². The van der Waals surface area contributed by atoms with Gasteiger partial charge < -0.3 is 5.32 Å². The van der Waals surface area contributed by atoms with Crippen LogP contribution >= 0.6 is 11.8 Å². The molecular formula is C11H22N2O3S. The first-order valence-corrected chi connectivity index (χ1v) is 6.88. The summed E-state index contributed by atoms with van der Waals surface area (Å²) in [5, 5.41) is 2.13. The third kappa shape index (κ3) is 7.79. The summed E-state index contributed by atoms with van der Waals surface area (Å²) in [4.78, 5) is 34.8. The zero-order valence-electron chi connectivity index (χ0n) is 11.2. The lowest BCUT2D eigenvalue weighted by molar-refractivity contribution is -0.128. The molecule has 6 heteroatoms. The van der Waals surface area contributed by atoms with E-state index >= 15 is 0 Å². The van der Waals surface area contributed by atoms with E-state index in [0.717, 1.165) is 16.7 Å². The molecule has 0 saturated carbocycles. The SMILES string of the molecule is CC.CCC(=O)N(CCC(=O)NC)C(=O)SC. The first kappa shape index (κ1) is 18.3. The second kappa shape index (κ2) is 11.4. The Balaban J connectivity index is 0. The van der Waals surface area contributed by atoms with Crippen LogP contribution in [-0.2, 0) is 9.59 Å². The van der Waals surface area contributed by atoms with E-state index in [1.54, 1.807) is 13.2 Å². The number of nitrogens with one attached hydrogen (secondary N) is 1. The average molecular weight is 262 g/mol. The first-order chi connectivity index (χ1) is 8.06. The van der Waals surface area contributed by atoms with Gasteiger partial charge in [-0.1, -0.05) is 32.5 Å². The minimum atomic E-state index is -0.314. The Hall–Kier alpha value is -1.04. The van der Waals surface area contributed by atoms with E-state index in [2.05, 4.69) is 5.32 Å². The molecule has 0 aliphatic heterocycles. The fourth-order valence-corrected chi connectivity index (χ4v) is 1.37. The second-order valence-corrected chi connectivity index (χ2v) is 3.55. The smallest absolute Gasteiger partial charge is 0.287 e. The van der Waals surface area contributed by atoms with Crippen LogP contribution < -0.4 is 5.32 Å². The maximum absolute atomic E-state index is 11.4. The largest absolute Gasteiger partial charge is 0.359 e. The number of imide groups is 1. The van der Waals surface area contributed by atoms with Crippen molar-refractivity contribution in [2.45, 2.75) is 33.6 Å². The monoisotopic (exact) mass is 262 g/mol. The van der Waals surface area contributed by atoms with Crippen molar-refractivity contribution in [3.05, 3.63) is 0 Å². The Kier molecular flexibility index (Phi) is 12.3. The molecule has 0 fully saturated rings. The van der Waals surface area contributed by atoms with Crippen molar-refractivity contribution in [1.82, 2.24) is 10.2 Å². The Morgan fingerprint density at radius 2 is 1.76 bits per heavy atom. The Bertz CT molecular complexity index is 241. The molecule has 100 valence electrons. The number of nitrogens with zero attached hydrogens (tertiary/aromatic N) is 1. The molecule has 1 N–H and O–H groups in total. The van der Waals surface area contributed by atoms with Gasteiger partial charge in [0.25, 0.3) is 5.24 Å². The quantitative estimate of drug-likeness (QED) is 0.840. The van der Waals surface area contributed by atoms with Gasteiger partial charge in [0.2, 0.25) is 11.8 Å². The Morgan fingerprint density at radius 1 is 1.24 bits per heavy atom. The van der Waals surface area contributed by atoms with Crippen molar-refractivity contribution >= 4 is 28.8 Å². The topological polar surface area (TPSA) is 66.5 Å². The highest BCUT2D eigenvalue weighted by atomic mass is 32.2. The lowest BCUT2D eigenvalue weighted by atomic mass is 10.3. The van der Waals surface area contributed by atoms with Crippen LogP contribution in [0.1, 0.15) is 33.6 Å². The van der Waals surface area contributed by atoms with E-state index in [4.69, 9.17) is 0 Å². The predicted octanol–water partition coefficient (Wildman–Crippen LogP) is 1.87. The molecule has 0 radical (unpaired) electrons. The maximum Gasteiger partial charge on any atom is 0.287 e. The fraction of sp³-hybridized carbons (Fsp3) is 0.727. The molecule has 0 saturated heterocycles. The fourth-order valence-electron chi connectivity index (χ4n) is 0.957. The van der Waals surface area contributed by atoms with E-state index < -0.39 is 0 Å². The number of carbonyl (C=O) groups excluding carboxylic acids is 3. The summed E-state index contributed by atoms with van der Waals surface area (Å²) in [5.74, 6) is -0.434. The molecule has 0 heterocycles. The van der Waals surface area contributed by atoms with Crippen LogP contribution in [0.4, 0.5) is 4.79 Å². The zero-order valence-corrected chi connectivity index (χ0v) is 12.0. The van der Waals surface area contributed by atoms with Gasteiger partial charge in [-0.25, -0.2) is 0 Å². The third-order valence-electron chi connectivity index (χ3n) is 1.84. The molecule has 0 atom stereocenters. The van der Waals surface area contributed by atoms with Crippen LogP contribution in [-0.4, -0.2) is 41.8 Å². The molecule has 3 amide bonds. The molecule has 17 heavy (non-hydrogen) atoms. The van der Waals surface area contributed by atoms with Gasteiger partial charge in [-0.3, -0.25) is 19.3 Å². The van der Waals surface area contributed by atoms with E-state index in [9.17, 15) is 14.4 Å². The van der Waals surface area contributed by atoms with Gasteiger partial charge in [-0.15, -0.1) is 0 Å². The summed E-state index contributed by atoms with van der Waals surface area (Å²) >= 11 is 0.970. The van der Waals surface area contributed by atoms with Crippen LogP contribution in [0.5, 0.6) is 0 Å². The number of amides is 3. The van der Waals surface area contributed by atoms with Gasteiger partial charge >= 0.3 is 0 Å². The lowest BCUT2D eigenvalue weighted by Crippen LogP contribution is -2.36. The van der Waals surface area contributed by atoms with Crippen LogP contribution in [0.2, 0.25) is 0 Å². The van der Waals surface area contributed by atoms with Crippen molar-refractivity contribution in [2.24, 2.45) is 0 Å². The van der Waals surface area contributed by atoms with Gasteiger partial charge in [0, 0.05) is 26.4 Å². The van der Waals surface area contributed by atoms with Crippen molar-refractivity contribution in [3.8, 4) is 0 Å². The third-order valence-corrected chi connectivity index (χ3v) is 2.41. The molecular weight excluding hydrogens is 240 g/mol. The highest BCUT2D eigenvalue weighted by molar-refractivity contribution is 8.12. The number of rotatable bonds is 4. The average Bonchev–Trinajstić information content (AvgIpc) is 2.39. The molecule has 0 aliphatic carbocycles. The maximum atomic E-state index is 11.4. The highest BCUT2D eigenvalue weighted by Crippen LogP contribution is 2.07. The van der Waals surface area contributed by atoms with E-state index in [1.807, 2.05) is 13.8 Å². The number of hydrogen-bond acceptors (Lipinski definition) is 4. The molecule has 0 spiro atoms. The summed E-state index contributed by atoms with van der Waals surface area (Å²) in [6.07, 6.45) is 2.02. The molecule has 0 aromatic rings. The molecule has 0 aliphatic rings. The van der Waals surface area contributed by atoms with Crippen LogP contribution in [0.3, 0.4) is 0 Å². The van der Waals surface area contributed by atoms with Crippen molar-refractivity contribution < 1.29 is 14.4 Å². The van der Waals surface area contributed by atoms with E-state index in [1.165, 1.54) is 7.05 Å². The normalized spacial score (nSPS) is 8.76. The summed E-state index contributed by atoms with van der Waals surface area (Å²) in [6, 6.07) is 0. The minimum Gasteiger partial charge on any atom is -0.359 e. The Morgan fingerprint density at radius 3 is 2.12 bits per heavy atom. The lowest BCUT2D eigenvalue weighted by Gasteiger charge is -2.18. The molecule has 0 unspecified atom stereocenters. The van der Waals surface area contributed by atoms with Crippen molar-refractivity contribution in [1.29, 1.82) is 0 Å². The van der Waals surface area contributed by atoms with Gasteiger partial charge in [0.05, 0.1) is 0 Å². The summed E-state index contributed by atoms with van der Waals surface area (Å²) in [5.41, 5.74) is 0. The predicted molar refractivity (Wildman–Crippen MR) is 70.9 cm³/mol. The molecule has 0 aromatic carbocycles. The molecule has 0 aromatic heterocycles. The van der Waals surface area contributed by atoms with Crippen molar-refractivity contribution in [2.75, 3.05) is 19.8 Å². The molecule has 5 nitrogen and oxygen atoms in total. The number of thioether (sulfide) groups is 1. The number of hydrogen-bond donors (Lipinski definition) is 1. The summed E-state index contributed by atoms with van der Waals surface area (Å²) in [7, 11) is 1.52. The standard InChI is InChI=1S/C9H16N2O3S.C2H6/c1-4-8(13)11(9(14)15-3)6-5-7(12)10-2;1-2/h4-6H2,1-3H3,(H,10,12);1-2H3. The summed E-state index contributed by atoms with van der Waals surface area (Å²) in [6.45, 7) is 5.83.